The van der Waals surface area contributed by atoms with Gasteiger partial charge in [-0.15, -0.1) is 0 Å². The van der Waals surface area contributed by atoms with Crippen molar-refractivity contribution in [3.05, 3.63) is 41.7 Å². The minimum absolute atomic E-state index is 0.0185. The highest BCUT2D eigenvalue weighted by atomic mass is 19.3. The summed E-state index contributed by atoms with van der Waals surface area (Å²) >= 11 is 0. The molecular formula is C19H21F2N5O2. The highest BCUT2D eigenvalue weighted by Gasteiger charge is 2.27. The first-order valence-electron chi connectivity index (χ1n) is 9.31. The number of halogens is 2. The van der Waals surface area contributed by atoms with Crippen molar-refractivity contribution >= 4 is 17.0 Å². The molecule has 1 aliphatic heterocycles. The Morgan fingerprint density at radius 3 is 2.82 bits per heavy atom. The number of rotatable bonds is 5. The number of hydrogen-bond acceptors (Lipinski definition) is 5. The zero-order valence-electron chi connectivity index (χ0n) is 15.5. The molecule has 1 aliphatic rings. The second-order valence-electron chi connectivity index (χ2n) is 7.09. The highest BCUT2D eigenvalue weighted by molar-refractivity contribution is 5.80. The maximum atomic E-state index is 13.5. The number of carbonyl (C=O) groups excluding carboxylic acids is 1. The van der Waals surface area contributed by atoms with Crippen molar-refractivity contribution in [2.75, 3.05) is 13.1 Å². The Hall–Kier alpha value is -2.84. The molecule has 0 saturated carbocycles. The van der Waals surface area contributed by atoms with Crippen LogP contribution in [0.5, 0.6) is 0 Å². The van der Waals surface area contributed by atoms with Crippen LogP contribution in [-0.4, -0.2) is 43.6 Å². The normalized spacial score (nSPS) is 15.6. The van der Waals surface area contributed by atoms with Crippen LogP contribution in [0.25, 0.3) is 11.1 Å². The second-order valence-corrected chi connectivity index (χ2v) is 7.09. The van der Waals surface area contributed by atoms with Crippen LogP contribution in [0.2, 0.25) is 0 Å². The summed E-state index contributed by atoms with van der Waals surface area (Å²) in [5.41, 5.74) is 1.08. The molecule has 7 nitrogen and oxygen atoms in total. The van der Waals surface area contributed by atoms with Crippen LogP contribution >= 0.6 is 0 Å². The van der Waals surface area contributed by atoms with Gasteiger partial charge in [0.15, 0.2) is 0 Å². The number of hydrogen-bond donors (Lipinski definition) is 0. The van der Waals surface area contributed by atoms with E-state index in [1.807, 2.05) is 15.7 Å². The number of imidazole rings is 1. The summed E-state index contributed by atoms with van der Waals surface area (Å²) in [6, 6.07) is 1.47. The number of aryl methyl sites for hydroxylation is 2. The van der Waals surface area contributed by atoms with E-state index < -0.39 is 6.43 Å². The van der Waals surface area contributed by atoms with Gasteiger partial charge in [-0.1, -0.05) is 5.16 Å². The Morgan fingerprint density at radius 1 is 1.36 bits per heavy atom. The largest absolute Gasteiger partial charge is 0.343 e. The van der Waals surface area contributed by atoms with Gasteiger partial charge in [0.1, 0.15) is 0 Å². The van der Waals surface area contributed by atoms with E-state index in [-0.39, 0.29) is 23.1 Å². The molecule has 0 aliphatic carbocycles. The van der Waals surface area contributed by atoms with Crippen LogP contribution in [0.3, 0.4) is 0 Å². The van der Waals surface area contributed by atoms with E-state index in [1.165, 1.54) is 6.07 Å². The molecule has 0 bridgehead atoms. The lowest BCUT2D eigenvalue weighted by Crippen LogP contribution is -2.38. The Labute approximate surface area is 160 Å². The first kappa shape index (κ1) is 18.5. The summed E-state index contributed by atoms with van der Waals surface area (Å²) in [5.74, 6) is 0.111. The molecule has 4 rings (SSSR count). The zero-order chi connectivity index (χ0) is 19.7. The summed E-state index contributed by atoms with van der Waals surface area (Å²) in [5, 5.41) is 4.07. The topological polar surface area (TPSA) is 77.0 Å². The molecule has 3 aromatic rings. The van der Waals surface area contributed by atoms with Crippen LogP contribution in [0.4, 0.5) is 8.78 Å². The van der Waals surface area contributed by atoms with Crippen molar-refractivity contribution in [1.82, 2.24) is 24.6 Å². The number of alkyl halides is 2. The number of aromatic nitrogens is 4. The summed E-state index contributed by atoms with van der Waals surface area (Å²) < 4.78 is 34.0. The Morgan fingerprint density at radius 2 is 2.14 bits per heavy atom. The van der Waals surface area contributed by atoms with Gasteiger partial charge in [0.05, 0.1) is 17.4 Å². The molecule has 0 atom stereocenters. The van der Waals surface area contributed by atoms with E-state index >= 15 is 0 Å². The first-order chi connectivity index (χ1) is 13.5. The minimum atomic E-state index is -2.62. The van der Waals surface area contributed by atoms with Gasteiger partial charge in [-0.05, 0) is 25.8 Å². The predicted molar refractivity (Wildman–Crippen MR) is 96.9 cm³/mol. The van der Waals surface area contributed by atoms with E-state index in [1.54, 1.807) is 19.4 Å². The third-order valence-corrected chi connectivity index (χ3v) is 5.31. The fourth-order valence-electron chi connectivity index (χ4n) is 3.76. The van der Waals surface area contributed by atoms with Crippen molar-refractivity contribution in [2.45, 2.75) is 45.1 Å². The molecule has 0 radical (unpaired) electrons. The van der Waals surface area contributed by atoms with Gasteiger partial charge in [0, 0.05) is 55.6 Å². The van der Waals surface area contributed by atoms with Crippen molar-refractivity contribution in [1.29, 1.82) is 0 Å². The molecule has 148 valence electrons. The van der Waals surface area contributed by atoms with Crippen LogP contribution < -0.4 is 0 Å². The Bertz CT molecular complexity index is 962. The number of likely N-dealkylation sites (tertiary alicyclic amines) is 1. The van der Waals surface area contributed by atoms with Crippen molar-refractivity contribution in [3.8, 4) is 0 Å². The number of nitrogens with zero attached hydrogens (tertiary/aromatic N) is 5. The first-order valence-corrected chi connectivity index (χ1v) is 9.31. The molecule has 1 saturated heterocycles. The van der Waals surface area contributed by atoms with E-state index in [0.717, 1.165) is 0 Å². The minimum Gasteiger partial charge on any atom is -0.343 e. The van der Waals surface area contributed by atoms with Gasteiger partial charge < -0.3 is 14.0 Å². The average molecular weight is 389 g/mol. The zero-order valence-corrected chi connectivity index (χ0v) is 15.5. The number of amides is 1. The summed E-state index contributed by atoms with van der Waals surface area (Å²) in [7, 11) is 0. The quantitative estimate of drug-likeness (QED) is 0.668. The molecule has 0 spiro atoms. The van der Waals surface area contributed by atoms with Gasteiger partial charge in [0.2, 0.25) is 5.91 Å². The summed E-state index contributed by atoms with van der Waals surface area (Å²) in [6.07, 6.45) is 4.37. The predicted octanol–water partition coefficient (Wildman–Crippen LogP) is 3.46. The molecule has 1 amide bonds. The van der Waals surface area contributed by atoms with E-state index in [4.69, 9.17) is 4.52 Å². The van der Waals surface area contributed by atoms with E-state index in [9.17, 15) is 13.6 Å². The van der Waals surface area contributed by atoms with Gasteiger partial charge >= 0.3 is 0 Å². The summed E-state index contributed by atoms with van der Waals surface area (Å²) in [6.45, 7) is 3.41. The number of pyridine rings is 1. The van der Waals surface area contributed by atoms with Crippen molar-refractivity contribution < 1.29 is 18.1 Å². The van der Waals surface area contributed by atoms with Crippen LogP contribution in [0, 0.1) is 6.92 Å². The lowest BCUT2D eigenvalue weighted by atomic mass is 9.91. The molecule has 0 unspecified atom stereocenters. The van der Waals surface area contributed by atoms with Gasteiger partial charge in [-0.3, -0.25) is 4.79 Å². The standard InChI is InChI=1S/C19H21F2N5O2/c1-12-17-14(18(20)21)10-15(23-19(17)28-24-12)13-2-7-26(8-3-13)16(27)4-6-25-9-5-22-11-25/h5,9-11,13,18H,2-4,6-8H2,1H3. The fraction of sp³-hybridized carbons (Fsp3) is 0.474. The molecule has 4 heterocycles. The van der Waals surface area contributed by atoms with Gasteiger partial charge in [-0.25, -0.2) is 18.7 Å². The maximum Gasteiger partial charge on any atom is 0.264 e. The molecule has 1 fully saturated rings. The van der Waals surface area contributed by atoms with Gasteiger partial charge in [-0.2, -0.15) is 0 Å². The lowest BCUT2D eigenvalue weighted by Gasteiger charge is -2.32. The maximum absolute atomic E-state index is 13.5. The molecule has 0 N–H and O–H groups in total. The monoisotopic (exact) mass is 389 g/mol. The number of piperidine rings is 1. The highest BCUT2D eigenvalue weighted by Crippen LogP contribution is 2.34. The Kier molecular flexibility index (Phi) is 5.06. The molecule has 0 aromatic carbocycles. The van der Waals surface area contributed by atoms with E-state index in [2.05, 4.69) is 15.1 Å². The van der Waals surface area contributed by atoms with Crippen LogP contribution in [0.1, 0.15) is 48.6 Å². The fourth-order valence-corrected chi connectivity index (χ4v) is 3.76. The van der Waals surface area contributed by atoms with Crippen LogP contribution in [-0.2, 0) is 11.3 Å². The summed E-state index contributed by atoms with van der Waals surface area (Å²) in [4.78, 5) is 22.6. The number of carbonyl (C=O) groups is 1. The molecular weight excluding hydrogens is 368 g/mol. The smallest absolute Gasteiger partial charge is 0.264 e. The van der Waals surface area contributed by atoms with Crippen LogP contribution in [0.15, 0.2) is 29.3 Å². The molecule has 3 aromatic heterocycles. The third kappa shape index (κ3) is 3.61. The molecule has 9 heteroatoms. The molecule has 28 heavy (non-hydrogen) atoms. The lowest BCUT2D eigenvalue weighted by molar-refractivity contribution is -0.132. The Balaban J connectivity index is 1.43. The number of fused-ring (bicyclic) bond motifs is 1. The van der Waals surface area contributed by atoms with Gasteiger partial charge in [0.25, 0.3) is 12.1 Å². The van der Waals surface area contributed by atoms with Crippen molar-refractivity contribution in [2.24, 2.45) is 0 Å². The van der Waals surface area contributed by atoms with E-state index in [0.29, 0.717) is 55.7 Å². The average Bonchev–Trinajstić information content (AvgIpc) is 3.35. The second kappa shape index (κ2) is 7.65. The third-order valence-electron chi connectivity index (χ3n) is 5.31. The SMILES string of the molecule is Cc1noc2nc(C3CCN(C(=O)CCn4ccnc4)CC3)cc(C(F)F)c12. The van der Waals surface area contributed by atoms with Crippen molar-refractivity contribution in [3.63, 3.8) is 0 Å².